The second-order valence-corrected chi connectivity index (χ2v) is 7.70. The Hall–Kier alpha value is -3.00. The molecule has 0 fully saturated rings. The first-order valence-corrected chi connectivity index (χ1v) is 9.94. The summed E-state index contributed by atoms with van der Waals surface area (Å²) in [5.74, 6) is -0.971. The van der Waals surface area contributed by atoms with Gasteiger partial charge in [-0.1, -0.05) is 28.1 Å². The normalized spacial score (nSPS) is 13.7. The first kappa shape index (κ1) is 20.7. The molecule has 2 N–H and O–H groups in total. The monoisotopic (exact) mass is 456 g/mol. The van der Waals surface area contributed by atoms with E-state index in [2.05, 4.69) is 31.7 Å². The second-order valence-electron chi connectivity index (χ2n) is 6.78. The molecule has 1 aliphatic heterocycles. The molecular formula is C21H21BrN4O3. The van der Waals surface area contributed by atoms with E-state index in [1.165, 1.54) is 5.01 Å². The van der Waals surface area contributed by atoms with Crippen LogP contribution in [0.2, 0.25) is 0 Å². The lowest BCUT2D eigenvalue weighted by Gasteiger charge is -2.24. The molecule has 2 aromatic carbocycles. The Morgan fingerprint density at radius 1 is 1.10 bits per heavy atom. The summed E-state index contributed by atoms with van der Waals surface area (Å²) < 4.78 is 0.905. The Labute approximate surface area is 177 Å². The van der Waals surface area contributed by atoms with Gasteiger partial charge in [0.15, 0.2) is 0 Å². The van der Waals surface area contributed by atoms with E-state index in [1.54, 1.807) is 12.1 Å². The summed E-state index contributed by atoms with van der Waals surface area (Å²) in [7, 11) is 0. The molecule has 0 aromatic heterocycles. The van der Waals surface area contributed by atoms with Gasteiger partial charge < -0.3 is 10.6 Å². The number of carbonyl (C=O) groups excluding carboxylic acids is 3. The van der Waals surface area contributed by atoms with E-state index in [4.69, 9.17) is 0 Å². The van der Waals surface area contributed by atoms with Crippen molar-refractivity contribution in [1.82, 2.24) is 5.32 Å². The summed E-state index contributed by atoms with van der Waals surface area (Å²) in [6.07, 6.45) is 0.422. The van der Waals surface area contributed by atoms with Crippen LogP contribution in [-0.4, -0.2) is 30.0 Å². The van der Waals surface area contributed by atoms with Gasteiger partial charge >= 0.3 is 0 Å². The predicted molar refractivity (Wildman–Crippen MR) is 116 cm³/mol. The third kappa shape index (κ3) is 5.29. The van der Waals surface area contributed by atoms with Crippen LogP contribution in [0.15, 0.2) is 52.0 Å². The number of amides is 3. The molecule has 0 radical (unpaired) electrons. The molecule has 8 heteroatoms. The fraction of sp³-hybridized carbons (Fsp3) is 0.238. The van der Waals surface area contributed by atoms with Crippen molar-refractivity contribution in [3.63, 3.8) is 0 Å². The molecule has 0 unspecified atom stereocenters. The number of anilines is 2. The second kappa shape index (κ2) is 9.00. The van der Waals surface area contributed by atoms with Crippen molar-refractivity contribution in [2.45, 2.75) is 26.7 Å². The maximum absolute atomic E-state index is 12.5. The number of hydrazone groups is 1. The number of nitrogens with one attached hydrogen (secondary N) is 2. The Morgan fingerprint density at radius 3 is 2.55 bits per heavy atom. The first-order valence-electron chi connectivity index (χ1n) is 9.15. The average Bonchev–Trinajstić information content (AvgIpc) is 2.70. The molecule has 0 bridgehead atoms. The molecule has 2 aromatic rings. The fourth-order valence-corrected chi connectivity index (χ4v) is 3.12. The lowest BCUT2D eigenvalue weighted by atomic mass is 10.1. The van der Waals surface area contributed by atoms with Crippen LogP contribution >= 0.6 is 15.9 Å². The van der Waals surface area contributed by atoms with Crippen LogP contribution < -0.4 is 15.6 Å². The van der Waals surface area contributed by atoms with Gasteiger partial charge in [-0.3, -0.25) is 14.4 Å². The number of rotatable bonds is 5. The van der Waals surface area contributed by atoms with Crippen LogP contribution in [0.4, 0.5) is 11.4 Å². The Balaban J connectivity index is 1.65. The number of aryl methyl sites for hydroxylation is 2. The largest absolute Gasteiger partial charge is 0.342 e. The van der Waals surface area contributed by atoms with Crippen molar-refractivity contribution in [2.24, 2.45) is 5.10 Å². The van der Waals surface area contributed by atoms with Gasteiger partial charge in [-0.25, -0.2) is 5.01 Å². The minimum atomic E-state index is -0.459. The highest BCUT2D eigenvalue weighted by atomic mass is 79.9. The molecule has 0 atom stereocenters. The van der Waals surface area contributed by atoms with Gasteiger partial charge in [-0.2, -0.15) is 5.10 Å². The lowest BCUT2D eigenvalue weighted by molar-refractivity contribution is -0.120. The van der Waals surface area contributed by atoms with Gasteiger partial charge in [0.25, 0.3) is 5.91 Å². The van der Waals surface area contributed by atoms with Gasteiger partial charge in [-0.15, -0.1) is 0 Å². The van der Waals surface area contributed by atoms with Gasteiger partial charge in [-0.05, 0) is 55.3 Å². The van der Waals surface area contributed by atoms with Crippen LogP contribution in [0.5, 0.6) is 0 Å². The third-order valence-corrected chi connectivity index (χ3v) is 4.95. The van der Waals surface area contributed by atoms with Gasteiger partial charge in [0.2, 0.25) is 11.8 Å². The summed E-state index contributed by atoms with van der Waals surface area (Å²) in [5, 5.41) is 10.8. The maximum Gasteiger partial charge on any atom is 0.267 e. The van der Waals surface area contributed by atoms with Crippen LogP contribution in [0, 0.1) is 13.8 Å². The van der Waals surface area contributed by atoms with Gasteiger partial charge in [0.05, 0.1) is 12.2 Å². The van der Waals surface area contributed by atoms with E-state index in [0.717, 1.165) is 15.6 Å². The highest BCUT2D eigenvalue weighted by molar-refractivity contribution is 9.10. The van der Waals surface area contributed by atoms with Crippen molar-refractivity contribution in [3.05, 3.63) is 58.1 Å². The van der Waals surface area contributed by atoms with E-state index in [1.807, 2.05) is 44.2 Å². The summed E-state index contributed by atoms with van der Waals surface area (Å²) in [5.41, 5.74) is 3.40. The van der Waals surface area contributed by atoms with Crippen LogP contribution in [-0.2, 0) is 14.4 Å². The number of hydrogen-bond donors (Lipinski definition) is 2. The Morgan fingerprint density at radius 2 is 1.83 bits per heavy atom. The summed E-state index contributed by atoms with van der Waals surface area (Å²) >= 11 is 3.33. The minimum Gasteiger partial charge on any atom is -0.342 e. The average molecular weight is 457 g/mol. The maximum atomic E-state index is 12.5. The zero-order chi connectivity index (χ0) is 21.0. The van der Waals surface area contributed by atoms with Crippen molar-refractivity contribution in [2.75, 3.05) is 16.9 Å². The summed E-state index contributed by atoms with van der Waals surface area (Å²) in [6.45, 7) is 3.63. The van der Waals surface area contributed by atoms with Crippen LogP contribution in [0.1, 0.15) is 24.0 Å². The molecule has 0 aliphatic carbocycles. The SMILES string of the molecule is Cc1ccc(C)c(N2N=C(C(=O)NCC(=O)Nc3ccc(Br)cc3)CCC2=O)c1. The van der Waals surface area contributed by atoms with E-state index < -0.39 is 5.91 Å². The van der Waals surface area contributed by atoms with E-state index in [9.17, 15) is 14.4 Å². The van der Waals surface area contributed by atoms with Crippen LogP contribution in [0.3, 0.4) is 0 Å². The van der Waals surface area contributed by atoms with E-state index in [-0.39, 0.29) is 36.9 Å². The number of carbonyl (C=O) groups is 3. The Bertz CT molecular complexity index is 986. The predicted octanol–water partition coefficient (Wildman–Crippen LogP) is 3.30. The molecule has 1 heterocycles. The molecule has 150 valence electrons. The quantitative estimate of drug-likeness (QED) is 0.722. The third-order valence-electron chi connectivity index (χ3n) is 4.43. The molecule has 3 rings (SSSR count). The number of halogens is 1. The molecule has 0 saturated heterocycles. The smallest absolute Gasteiger partial charge is 0.267 e. The summed E-state index contributed by atoms with van der Waals surface area (Å²) in [4.78, 5) is 36.9. The number of benzene rings is 2. The van der Waals surface area contributed by atoms with E-state index >= 15 is 0 Å². The zero-order valence-corrected chi connectivity index (χ0v) is 17.7. The van der Waals surface area contributed by atoms with Crippen molar-refractivity contribution >= 4 is 50.7 Å². The van der Waals surface area contributed by atoms with E-state index in [0.29, 0.717) is 11.4 Å². The molecular weight excluding hydrogens is 436 g/mol. The highest BCUT2D eigenvalue weighted by Gasteiger charge is 2.26. The molecule has 1 aliphatic rings. The number of hydrogen-bond acceptors (Lipinski definition) is 4. The molecule has 29 heavy (non-hydrogen) atoms. The first-order chi connectivity index (χ1) is 13.8. The number of nitrogens with zero attached hydrogens (tertiary/aromatic N) is 2. The van der Waals surface area contributed by atoms with Crippen molar-refractivity contribution in [3.8, 4) is 0 Å². The van der Waals surface area contributed by atoms with Crippen LogP contribution in [0.25, 0.3) is 0 Å². The summed E-state index contributed by atoms with van der Waals surface area (Å²) in [6, 6.07) is 12.9. The minimum absolute atomic E-state index is 0.164. The van der Waals surface area contributed by atoms with Gasteiger partial charge in [0.1, 0.15) is 5.71 Å². The highest BCUT2D eigenvalue weighted by Crippen LogP contribution is 2.25. The zero-order valence-electron chi connectivity index (χ0n) is 16.2. The topological polar surface area (TPSA) is 90.9 Å². The van der Waals surface area contributed by atoms with Crippen molar-refractivity contribution < 1.29 is 14.4 Å². The molecule has 0 spiro atoms. The molecule has 0 saturated carbocycles. The molecule has 3 amide bonds. The standard InChI is InChI=1S/C21H21BrN4O3/c1-13-3-4-14(2)18(11-13)26-20(28)10-9-17(25-26)21(29)23-12-19(27)24-16-7-5-15(22)6-8-16/h3-8,11H,9-10,12H2,1-2H3,(H,23,29)(H,24,27). The molecule has 7 nitrogen and oxygen atoms in total. The fourth-order valence-electron chi connectivity index (χ4n) is 2.85. The van der Waals surface area contributed by atoms with Crippen molar-refractivity contribution in [1.29, 1.82) is 0 Å². The Kier molecular flexibility index (Phi) is 6.43. The lowest BCUT2D eigenvalue weighted by Crippen LogP contribution is -2.41. The van der Waals surface area contributed by atoms with Gasteiger partial charge in [0, 0.05) is 23.0 Å².